The van der Waals surface area contributed by atoms with E-state index >= 15 is 0 Å². The maximum atomic E-state index is 12.9. The first-order chi connectivity index (χ1) is 10.5. The highest BCUT2D eigenvalue weighted by atomic mass is 32.2. The number of nitrogens with zero attached hydrogens (tertiary/aromatic N) is 1. The van der Waals surface area contributed by atoms with Gasteiger partial charge in [0.2, 0.25) is 0 Å². The highest BCUT2D eigenvalue weighted by molar-refractivity contribution is 7.98. The van der Waals surface area contributed by atoms with Gasteiger partial charge in [-0.3, -0.25) is 0 Å². The van der Waals surface area contributed by atoms with Crippen LogP contribution in [0.15, 0.2) is 24.3 Å². The zero-order chi connectivity index (χ0) is 16.1. The average Bonchev–Trinajstić information content (AvgIpc) is 3.29. The van der Waals surface area contributed by atoms with Crippen molar-refractivity contribution >= 4 is 17.8 Å². The van der Waals surface area contributed by atoms with Crippen molar-refractivity contribution in [3.05, 3.63) is 35.6 Å². The van der Waals surface area contributed by atoms with E-state index in [-0.39, 0.29) is 30.5 Å². The van der Waals surface area contributed by atoms with Crippen molar-refractivity contribution in [2.75, 3.05) is 18.6 Å². The number of amides is 2. The van der Waals surface area contributed by atoms with Crippen LogP contribution >= 0.6 is 11.8 Å². The van der Waals surface area contributed by atoms with Crippen molar-refractivity contribution < 1.29 is 14.3 Å². The van der Waals surface area contributed by atoms with Crippen LogP contribution in [0, 0.1) is 5.82 Å². The van der Waals surface area contributed by atoms with Crippen molar-refractivity contribution in [2.45, 2.75) is 38.0 Å². The highest BCUT2D eigenvalue weighted by Crippen LogP contribution is 2.29. The third-order valence-electron chi connectivity index (χ3n) is 3.66. The van der Waals surface area contributed by atoms with E-state index in [1.807, 2.05) is 13.2 Å². The highest BCUT2D eigenvalue weighted by Gasteiger charge is 2.34. The minimum atomic E-state index is -0.803. The van der Waals surface area contributed by atoms with Gasteiger partial charge in [-0.15, -0.1) is 0 Å². The minimum absolute atomic E-state index is 0.0896. The van der Waals surface area contributed by atoms with Crippen LogP contribution in [0.3, 0.4) is 0 Å². The van der Waals surface area contributed by atoms with E-state index in [4.69, 9.17) is 0 Å². The van der Waals surface area contributed by atoms with Gasteiger partial charge in [0, 0.05) is 17.8 Å². The number of aliphatic hydroxyl groups excluding tert-OH is 1. The molecule has 2 amide bonds. The Balaban J connectivity index is 1.96. The Hall–Kier alpha value is -1.27. The van der Waals surface area contributed by atoms with Gasteiger partial charge in [0.05, 0.1) is 12.6 Å². The predicted molar refractivity (Wildman–Crippen MR) is 87.5 cm³/mol. The Labute approximate surface area is 135 Å². The second-order valence-corrected chi connectivity index (χ2v) is 6.67. The van der Waals surface area contributed by atoms with Crippen LogP contribution in [0.5, 0.6) is 0 Å². The van der Waals surface area contributed by atoms with E-state index in [2.05, 4.69) is 5.32 Å². The van der Waals surface area contributed by atoms with Crippen LogP contribution in [-0.4, -0.2) is 46.7 Å². The summed E-state index contributed by atoms with van der Waals surface area (Å²) in [7, 11) is 0. The van der Waals surface area contributed by atoms with E-state index in [0.717, 1.165) is 18.6 Å². The van der Waals surface area contributed by atoms with Gasteiger partial charge in [-0.2, -0.15) is 11.8 Å². The molecule has 0 aliphatic heterocycles. The fraction of sp³-hybridized carbons (Fsp3) is 0.562. The Morgan fingerprint density at radius 2 is 2.09 bits per heavy atom. The van der Waals surface area contributed by atoms with E-state index in [1.54, 1.807) is 28.8 Å². The molecule has 6 heteroatoms. The third-order valence-corrected chi connectivity index (χ3v) is 4.49. The fourth-order valence-corrected chi connectivity index (χ4v) is 2.93. The molecule has 0 bridgehead atoms. The molecule has 1 fully saturated rings. The van der Waals surface area contributed by atoms with Gasteiger partial charge in [-0.25, -0.2) is 9.18 Å². The normalized spacial score (nSPS) is 16.9. The SMILES string of the molecule is CSCC(C)NC(=O)N(CC(O)c1ccc(F)cc1)C1CC1. The Morgan fingerprint density at radius 3 is 2.64 bits per heavy atom. The molecule has 4 nitrogen and oxygen atoms in total. The number of nitrogens with one attached hydrogen (secondary N) is 1. The van der Waals surface area contributed by atoms with Crippen LogP contribution in [0.25, 0.3) is 0 Å². The van der Waals surface area contributed by atoms with Gasteiger partial charge in [0.25, 0.3) is 0 Å². The summed E-state index contributed by atoms with van der Waals surface area (Å²) in [6.45, 7) is 2.20. The van der Waals surface area contributed by atoms with Gasteiger partial charge in [-0.1, -0.05) is 12.1 Å². The molecule has 122 valence electrons. The molecule has 0 aromatic heterocycles. The lowest BCUT2D eigenvalue weighted by Crippen LogP contribution is -2.47. The monoisotopic (exact) mass is 326 g/mol. The summed E-state index contributed by atoms with van der Waals surface area (Å²) in [5.41, 5.74) is 0.622. The van der Waals surface area contributed by atoms with E-state index < -0.39 is 6.10 Å². The number of carbonyl (C=O) groups excluding carboxylic acids is 1. The van der Waals surface area contributed by atoms with Gasteiger partial charge in [0.15, 0.2) is 0 Å². The van der Waals surface area contributed by atoms with E-state index in [1.165, 1.54) is 12.1 Å². The van der Waals surface area contributed by atoms with Gasteiger partial charge >= 0.3 is 6.03 Å². The maximum Gasteiger partial charge on any atom is 0.317 e. The van der Waals surface area contributed by atoms with Crippen LogP contribution < -0.4 is 5.32 Å². The van der Waals surface area contributed by atoms with Crippen LogP contribution in [-0.2, 0) is 0 Å². The van der Waals surface area contributed by atoms with E-state index in [9.17, 15) is 14.3 Å². The molecular formula is C16H23FN2O2S. The van der Waals surface area contributed by atoms with Gasteiger partial charge in [-0.05, 0) is 43.7 Å². The smallest absolute Gasteiger partial charge is 0.317 e. The molecule has 2 N–H and O–H groups in total. The summed E-state index contributed by atoms with van der Waals surface area (Å²) in [6.07, 6.45) is 3.14. The quantitative estimate of drug-likeness (QED) is 0.810. The molecule has 0 radical (unpaired) electrons. The van der Waals surface area contributed by atoms with Gasteiger partial charge in [0.1, 0.15) is 5.82 Å². The zero-order valence-electron chi connectivity index (χ0n) is 13.0. The minimum Gasteiger partial charge on any atom is -0.387 e. The first-order valence-electron chi connectivity index (χ1n) is 7.51. The molecule has 2 atom stereocenters. The second kappa shape index (κ2) is 7.83. The molecule has 1 aliphatic rings. The third kappa shape index (κ3) is 4.88. The number of urea groups is 1. The molecule has 0 spiro atoms. The first kappa shape index (κ1) is 17.1. The summed E-state index contributed by atoms with van der Waals surface area (Å²) in [5, 5.41) is 13.3. The molecule has 0 heterocycles. The number of benzene rings is 1. The Bertz CT molecular complexity index is 493. The summed E-state index contributed by atoms with van der Waals surface area (Å²) < 4.78 is 12.9. The van der Waals surface area contributed by atoms with Crippen LogP contribution in [0.2, 0.25) is 0 Å². The van der Waals surface area contributed by atoms with Crippen molar-refractivity contribution in [2.24, 2.45) is 0 Å². The Kier molecular flexibility index (Phi) is 6.08. The Morgan fingerprint density at radius 1 is 1.45 bits per heavy atom. The summed E-state index contributed by atoms with van der Waals surface area (Å²) in [5.74, 6) is 0.517. The average molecular weight is 326 g/mol. The van der Waals surface area contributed by atoms with Crippen molar-refractivity contribution in [3.8, 4) is 0 Å². The number of aliphatic hydroxyl groups is 1. The molecule has 1 saturated carbocycles. The van der Waals surface area contributed by atoms with Crippen LogP contribution in [0.4, 0.5) is 9.18 Å². The summed E-state index contributed by atoms with van der Waals surface area (Å²) in [6, 6.07) is 5.91. The fourth-order valence-electron chi connectivity index (χ4n) is 2.35. The maximum absolute atomic E-state index is 12.9. The lowest BCUT2D eigenvalue weighted by Gasteiger charge is -2.27. The molecule has 1 aromatic carbocycles. The summed E-state index contributed by atoms with van der Waals surface area (Å²) >= 11 is 1.68. The molecule has 2 rings (SSSR count). The molecule has 2 unspecified atom stereocenters. The van der Waals surface area contributed by atoms with Gasteiger partial charge < -0.3 is 15.3 Å². The topological polar surface area (TPSA) is 52.6 Å². The molecule has 1 aromatic rings. The lowest BCUT2D eigenvalue weighted by molar-refractivity contribution is 0.117. The largest absolute Gasteiger partial charge is 0.387 e. The number of rotatable bonds is 7. The van der Waals surface area contributed by atoms with Crippen molar-refractivity contribution in [1.82, 2.24) is 10.2 Å². The number of hydrogen-bond acceptors (Lipinski definition) is 3. The van der Waals surface area contributed by atoms with E-state index in [0.29, 0.717) is 5.56 Å². The number of carbonyl (C=O) groups is 1. The lowest BCUT2D eigenvalue weighted by atomic mass is 10.1. The van der Waals surface area contributed by atoms with Crippen LogP contribution in [0.1, 0.15) is 31.4 Å². The molecule has 1 aliphatic carbocycles. The zero-order valence-corrected chi connectivity index (χ0v) is 13.8. The standard InChI is InChI=1S/C16H23FN2O2S/c1-11(10-22-2)18-16(21)19(14-7-8-14)9-15(20)12-3-5-13(17)6-4-12/h3-6,11,14-15,20H,7-10H2,1-2H3,(H,18,21). The number of halogens is 1. The number of hydrogen-bond donors (Lipinski definition) is 2. The molecule has 22 heavy (non-hydrogen) atoms. The molecule has 0 saturated heterocycles. The summed E-state index contributed by atoms with van der Waals surface area (Å²) in [4.78, 5) is 14.1. The predicted octanol–water partition coefficient (Wildman–Crippen LogP) is 2.78. The molecular weight excluding hydrogens is 303 g/mol. The van der Waals surface area contributed by atoms with Crippen molar-refractivity contribution in [3.63, 3.8) is 0 Å². The second-order valence-electron chi connectivity index (χ2n) is 5.76. The number of thioether (sulfide) groups is 1. The van der Waals surface area contributed by atoms with Crippen molar-refractivity contribution in [1.29, 1.82) is 0 Å². The first-order valence-corrected chi connectivity index (χ1v) is 8.90.